The number of aromatic nitrogens is 4. The summed E-state index contributed by atoms with van der Waals surface area (Å²) in [5, 5.41) is 5.97. The molecule has 0 spiro atoms. The van der Waals surface area contributed by atoms with Crippen LogP contribution in [0.2, 0.25) is 0 Å². The molecule has 3 heterocycles. The zero-order valence-electron chi connectivity index (χ0n) is 15.8. The Morgan fingerprint density at radius 1 is 1.17 bits per heavy atom. The molecule has 0 fully saturated rings. The van der Waals surface area contributed by atoms with E-state index in [9.17, 15) is 4.79 Å². The van der Waals surface area contributed by atoms with Crippen molar-refractivity contribution in [3.05, 3.63) is 48.9 Å². The van der Waals surface area contributed by atoms with E-state index in [1.807, 2.05) is 31.2 Å². The van der Waals surface area contributed by atoms with Gasteiger partial charge in [-0.15, -0.1) is 0 Å². The number of methoxy groups -OCH3 is 1. The van der Waals surface area contributed by atoms with Crippen molar-refractivity contribution in [1.82, 2.24) is 25.3 Å². The van der Waals surface area contributed by atoms with E-state index in [2.05, 4.69) is 30.6 Å². The predicted octanol–water partition coefficient (Wildman–Crippen LogP) is 3.97. The smallest absolute Gasteiger partial charge is 0.321 e. The summed E-state index contributed by atoms with van der Waals surface area (Å²) in [6, 6.07) is 9.23. The summed E-state index contributed by atoms with van der Waals surface area (Å²) in [6.45, 7) is 2.39. The van der Waals surface area contributed by atoms with E-state index < -0.39 is 0 Å². The molecule has 8 nitrogen and oxygen atoms in total. The first-order valence-electron chi connectivity index (χ1n) is 8.95. The quantitative estimate of drug-likeness (QED) is 0.520. The highest BCUT2D eigenvalue weighted by atomic mass is 32.1. The second kappa shape index (κ2) is 8.19. The summed E-state index contributed by atoms with van der Waals surface area (Å²) in [4.78, 5) is 29.6. The molecule has 29 heavy (non-hydrogen) atoms. The molecule has 1 aromatic carbocycles. The van der Waals surface area contributed by atoms with Crippen LogP contribution in [0.25, 0.3) is 32.7 Å². The Kier molecular flexibility index (Phi) is 5.30. The van der Waals surface area contributed by atoms with Crippen LogP contribution in [0.15, 0.2) is 48.9 Å². The molecule has 2 amide bonds. The Hall–Kier alpha value is -3.59. The van der Waals surface area contributed by atoms with Crippen LogP contribution in [0.5, 0.6) is 5.88 Å². The molecular weight excluding hydrogens is 388 g/mol. The van der Waals surface area contributed by atoms with Crippen LogP contribution in [-0.2, 0) is 0 Å². The SMILES string of the molecule is CCNC(=O)Nc1nc2cc(-c3cccnc3)cc(-c3nccc(OC)n3)c2s1. The number of fused-ring (bicyclic) bond motifs is 1. The number of nitrogens with one attached hydrogen (secondary N) is 2. The van der Waals surface area contributed by atoms with Crippen LogP contribution in [0.3, 0.4) is 0 Å². The molecule has 0 aliphatic heterocycles. The minimum absolute atomic E-state index is 0.293. The number of carbonyl (C=O) groups excluding carboxylic acids is 1. The van der Waals surface area contributed by atoms with Crippen molar-refractivity contribution in [1.29, 1.82) is 0 Å². The first kappa shape index (κ1) is 18.8. The normalized spacial score (nSPS) is 10.7. The monoisotopic (exact) mass is 406 g/mol. The number of amides is 2. The standard InChI is InChI=1S/C20H18N6O2S/c1-3-22-19(27)26-20-24-15-10-13(12-5-4-7-21-11-12)9-14(17(15)29-20)18-23-8-6-16(25-18)28-2/h4-11H,3H2,1-2H3,(H2,22,24,26,27). The first-order valence-corrected chi connectivity index (χ1v) is 9.77. The van der Waals surface area contributed by atoms with E-state index in [1.165, 1.54) is 11.3 Å². The maximum atomic E-state index is 11.9. The van der Waals surface area contributed by atoms with Crippen LogP contribution < -0.4 is 15.4 Å². The lowest BCUT2D eigenvalue weighted by Crippen LogP contribution is -2.28. The van der Waals surface area contributed by atoms with Gasteiger partial charge in [-0.3, -0.25) is 10.3 Å². The van der Waals surface area contributed by atoms with Crippen LogP contribution in [-0.4, -0.2) is 39.6 Å². The van der Waals surface area contributed by atoms with Crippen molar-refractivity contribution in [2.45, 2.75) is 6.92 Å². The maximum absolute atomic E-state index is 11.9. The Balaban J connectivity index is 1.88. The summed E-state index contributed by atoms with van der Waals surface area (Å²) >= 11 is 1.37. The van der Waals surface area contributed by atoms with E-state index in [1.54, 1.807) is 31.8 Å². The maximum Gasteiger partial charge on any atom is 0.321 e. The number of anilines is 1. The zero-order chi connectivity index (χ0) is 20.2. The average Bonchev–Trinajstić information content (AvgIpc) is 3.16. The number of pyridine rings is 1. The van der Waals surface area contributed by atoms with E-state index >= 15 is 0 Å². The molecule has 3 aromatic heterocycles. The molecule has 146 valence electrons. The van der Waals surface area contributed by atoms with Gasteiger partial charge in [-0.25, -0.2) is 14.8 Å². The number of ether oxygens (including phenoxy) is 1. The summed E-state index contributed by atoms with van der Waals surface area (Å²) in [5.74, 6) is 0.994. The summed E-state index contributed by atoms with van der Waals surface area (Å²) in [6.07, 6.45) is 5.17. The Labute approximate surface area is 171 Å². The van der Waals surface area contributed by atoms with E-state index in [0.717, 1.165) is 26.9 Å². The third kappa shape index (κ3) is 3.99. The lowest BCUT2D eigenvalue weighted by Gasteiger charge is -2.07. The average molecular weight is 406 g/mol. The summed E-state index contributed by atoms with van der Waals surface area (Å²) < 4.78 is 6.12. The van der Waals surface area contributed by atoms with E-state index in [4.69, 9.17) is 4.74 Å². The second-order valence-electron chi connectivity index (χ2n) is 6.04. The van der Waals surface area contributed by atoms with Crippen LogP contribution in [0.4, 0.5) is 9.93 Å². The lowest BCUT2D eigenvalue weighted by molar-refractivity contribution is 0.252. The lowest BCUT2D eigenvalue weighted by atomic mass is 10.0. The molecule has 9 heteroatoms. The third-order valence-electron chi connectivity index (χ3n) is 4.12. The van der Waals surface area contributed by atoms with Crippen LogP contribution in [0, 0.1) is 0 Å². The molecule has 0 saturated heterocycles. The van der Waals surface area contributed by atoms with Gasteiger partial charge in [0.15, 0.2) is 11.0 Å². The molecule has 0 saturated carbocycles. The number of carbonyl (C=O) groups is 1. The Bertz CT molecular complexity index is 1160. The minimum Gasteiger partial charge on any atom is -0.481 e. The molecular formula is C20H18N6O2S. The highest BCUT2D eigenvalue weighted by Crippen LogP contribution is 2.37. The number of thiazole rings is 1. The topological polar surface area (TPSA) is 102 Å². The number of hydrogen-bond donors (Lipinski definition) is 2. The fraction of sp³-hybridized carbons (Fsp3) is 0.150. The second-order valence-corrected chi connectivity index (χ2v) is 7.04. The van der Waals surface area contributed by atoms with Crippen molar-refractivity contribution < 1.29 is 9.53 Å². The van der Waals surface area contributed by atoms with Gasteiger partial charge in [0.2, 0.25) is 5.88 Å². The van der Waals surface area contributed by atoms with Gasteiger partial charge in [-0.2, -0.15) is 4.98 Å². The summed E-state index contributed by atoms with van der Waals surface area (Å²) in [7, 11) is 1.56. The van der Waals surface area contributed by atoms with Gasteiger partial charge in [0, 0.05) is 42.3 Å². The molecule has 0 aliphatic carbocycles. The number of hydrogen-bond acceptors (Lipinski definition) is 7. The minimum atomic E-state index is -0.293. The van der Waals surface area contributed by atoms with Gasteiger partial charge in [0.25, 0.3) is 0 Å². The highest BCUT2D eigenvalue weighted by molar-refractivity contribution is 7.22. The Morgan fingerprint density at radius 2 is 2.07 bits per heavy atom. The van der Waals surface area contributed by atoms with Crippen molar-refractivity contribution in [2.75, 3.05) is 19.0 Å². The highest BCUT2D eigenvalue weighted by Gasteiger charge is 2.16. The Morgan fingerprint density at radius 3 is 2.83 bits per heavy atom. The van der Waals surface area contributed by atoms with Gasteiger partial charge in [-0.1, -0.05) is 17.4 Å². The van der Waals surface area contributed by atoms with Gasteiger partial charge in [0.05, 0.1) is 17.3 Å². The molecule has 0 radical (unpaired) electrons. The van der Waals surface area contributed by atoms with Crippen molar-refractivity contribution in [3.63, 3.8) is 0 Å². The van der Waals surface area contributed by atoms with Crippen LogP contribution >= 0.6 is 11.3 Å². The molecule has 0 unspecified atom stereocenters. The number of urea groups is 1. The summed E-state index contributed by atoms with van der Waals surface area (Å²) in [5.41, 5.74) is 3.43. The fourth-order valence-corrected chi connectivity index (χ4v) is 3.79. The molecule has 2 N–H and O–H groups in total. The first-order chi connectivity index (χ1) is 14.2. The molecule has 0 bridgehead atoms. The van der Waals surface area contributed by atoms with E-state index in [-0.39, 0.29) is 6.03 Å². The van der Waals surface area contributed by atoms with Gasteiger partial charge in [0.1, 0.15) is 0 Å². The third-order valence-corrected chi connectivity index (χ3v) is 5.14. The molecule has 0 atom stereocenters. The number of benzene rings is 1. The van der Waals surface area contributed by atoms with Crippen molar-refractivity contribution in [2.24, 2.45) is 0 Å². The largest absolute Gasteiger partial charge is 0.481 e. The molecule has 0 aliphatic rings. The predicted molar refractivity (Wildman–Crippen MR) is 113 cm³/mol. The number of rotatable bonds is 5. The van der Waals surface area contributed by atoms with Gasteiger partial charge >= 0.3 is 6.03 Å². The van der Waals surface area contributed by atoms with Crippen molar-refractivity contribution >= 4 is 32.7 Å². The van der Waals surface area contributed by atoms with Crippen molar-refractivity contribution in [3.8, 4) is 28.4 Å². The number of nitrogens with zero attached hydrogens (tertiary/aromatic N) is 4. The van der Waals surface area contributed by atoms with E-state index in [0.29, 0.717) is 23.4 Å². The van der Waals surface area contributed by atoms with Crippen LogP contribution in [0.1, 0.15) is 6.92 Å². The molecule has 4 aromatic rings. The van der Waals surface area contributed by atoms with Gasteiger partial charge < -0.3 is 10.1 Å². The molecule has 4 rings (SSSR count). The zero-order valence-corrected chi connectivity index (χ0v) is 16.7. The fourth-order valence-electron chi connectivity index (χ4n) is 2.84. The van der Waals surface area contributed by atoms with Gasteiger partial charge in [-0.05, 0) is 30.7 Å².